The number of rotatable bonds is 1. The molecule has 0 spiro atoms. The van der Waals surface area contributed by atoms with Crippen LogP contribution in [0.15, 0.2) is 12.3 Å². The number of pyridine rings is 1. The molecule has 13 heavy (non-hydrogen) atoms. The molecule has 0 N–H and O–H groups in total. The van der Waals surface area contributed by atoms with E-state index < -0.39 is 24.2 Å². The largest absolute Gasteiger partial charge is 1.00 e. The molecular weight excluding hydrogens is 219 g/mol. The fraction of sp³-hybridized carbons (Fsp3) is 0. The van der Waals surface area contributed by atoms with Gasteiger partial charge in [-0.3, -0.25) is 0 Å². The molecule has 1 rings (SSSR count). The summed E-state index contributed by atoms with van der Waals surface area (Å²) in [7, 11) is 0. The fourth-order valence-corrected chi connectivity index (χ4v) is 0.678. The van der Waals surface area contributed by atoms with E-state index >= 15 is 0 Å². The number of hydrogen-bond acceptors (Lipinski definition) is 1. The predicted molar refractivity (Wildman–Crippen MR) is 32.9 cm³/mol. The van der Waals surface area contributed by atoms with E-state index in [1.165, 1.54) is 0 Å². The first-order chi connectivity index (χ1) is 5.41. The molecule has 1 aromatic rings. The minimum absolute atomic E-state index is 0. The van der Waals surface area contributed by atoms with Gasteiger partial charge in [0.05, 0.1) is 6.20 Å². The molecule has 0 atom stereocenters. The van der Waals surface area contributed by atoms with Crippen molar-refractivity contribution in [3.8, 4) is 0 Å². The summed E-state index contributed by atoms with van der Waals surface area (Å²) in [5.74, 6) is -2.89. The molecule has 0 bridgehead atoms. The van der Waals surface area contributed by atoms with Crippen LogP contribution in [0.3, 0.4) is 0 Å². The van der Waals surface area contributed by atoms with Crippen molar-refractivity contribution in [2.45, 2.75) is 0 Å². The predicted octanol–water partition coefficient (Wildman–Crippen LogP) is -1.58. The average Bonchev–Trinajstić information content (AvgIpc) is 1.92. The third-order valence-corrected chi connectivity index (χ3v) is 1.20. The Morgan fingerprint density at radius 1 is 1.15 bits per heavy atom. The van der Waals surface area contributed by atoms with Gasteiger partial charge in [-0.15, -0.1) is 0 Å². The van der Waals surface area contributed by atoms with Gasteiger partial charge in [0.1, 0.15) is 5.82 Å². The summed E-state index contributed by atoms with van der Waals surface area (Å²) in [5.41, 5.74) is -1.58. The summed E-state index contributed by atoms with van der Waals surface area (Å²) in [6, 6.07) is 0.0370. The van der Waals surface area contributed by atoms with E-state index in [0.29, 0.717) is 0 Å². The molecule has 0 unspecified atom stereocenters. The van der Waals surface area contributed by atoms with Crippen molar-refractivity contribution in [1.29, 1.82) is 0 Å². The summed E-state index contributed by atoms with van der Waals surface area (Å²) in [5, 5.41) is 0. The second kappa shape index (κ2) is 4.83. The van der Waals surface area contributed by atoms with Gasteiger partial charge in [-0.1, -0.05) is 5.46 Å². The van der Waals surface area contributed by atoms with Gasteiger partial charge in [0.15, 0.2) is 0 Å². The van der Waals surface area contributed by atoms with E-state index in [2.05, 4.69) is 4.98 Å². The maximum Gasteiger partial charge on any atom is 1.00 e. The summed E-state index contributed by atoms with van der Waals surface area (Å²) in [6.07, 6.45) is 0.208. The molecule has 0 aliphatic rings. The standard InChI is InChI=1S/C5H2BF5N.K/c7-4-2-12-5(8)1-3(4)6(9,10)11;/h1-2H;/q-1;+1. The Hall–Kier alpha value is 0.501. The van der Waals surface area contributed by atoms with Gasteiger partial charge in [-0.2, -0.15) is 4.39 Å². The first kappa shape index (κ1) is 13.5. The van der Waals surface area contributed by atoms with Crippen LogP contribution in [0.1, 0.15) is 0 Å². The van der Waals surface area contributed by atoms with Crippen molar-refractivity contribution in [2.75, 3.05) is 0 Å². The normalized spacial score (nSPS) is 10.8. The van der Waals surface area contributed by atoms with Crippen LogP contribution in [-0.2, 0) is 0 Å². The molecular formula is C5H2BF5KN. The van der Waals surface area contributed by atoms with Gasteiger partial charge in [0.2, 0.25) is 5.95 Å². The first-order valence-electron chi connectivity index (χ1n) is 2.92. The molecule has 0 aromatic carbocycles. The molecule has 1 aromatic heterocycles. The monoisotopic (exact) mass is 221 g/mol. The summed E-state index contributed by atoms with van der Waals surface area (Å²) < 4.78 is 60.0. The van der Waals surface area contributed by atoms with E-state index in [1.807, 2.05) is 0 Å². The van der Waals surface area contributed by atoms with Crippen LogP contribution in [0.4, 0.5) is 21.7 Å². The first-order valence-corrected chi connectivity index (χ1v) is 2.92. The topological polar surface area (TPSA) is 12.9 Å². The zero-order chi connectivity index (χ0) is 9.35. The zero-order valence-corrected chi connectivity index (χ0v) is 9.69. The van der Waals surface area contributed by atoms with Crippen LogP contribution < -0.4 is 56.8 Å². The van der Waals surface area contributed by atoms with Gasteiger partial charge in [0.25, 0.3) is 0 Å². The van der Waals surface area contributed by atoms with Gasteiger partial charge < -0.3 is 12.9 Å². The molecule has 0 fully saturated rings. The second-order valence-electron chi connectivity index (χ2n) is 2.10. The third kappa shape index (κ3) is 3.63. The Bertz CT molecular complexity index is 301. The molecule has 0 aliphatic heterocycles. The molecule has 0 saturated heterocycles. The van der Waals surface area contributed by atoms with Gasteiger partial charge >= 0.3 is 58.4 Å². The fourth-order valence-electron chi connectivity index (χ4n) is 0.678. The Labute approximate surface area is 113 Å². The number of nitrogens with zero attached hydrogens (tertiary/aromatic N) is 1. The van der Waals surface area contributed by atoms with Crippen molar-refractivity contribution in [3.63, 3.8) is 0 Å². The van der Waals surface area contributed by atoms with Crippen LogP contribution in [0.2, 0.25) is 0 Å². The Balaban J connectivity index is 0.00000144. The van der Waals surface area contributed by atoms with E-state index in [0.717, 1.165) is 0 Å². The van der Waals surface area contributed by atoms with Crippen molar-refractivity contribution in [2.24, 2.45) is 0 Å². The Morgan fingerprint density at radius 3 is 2.08 bits per heavy atom. The van der Waals surface area contributed by atoms with E-state index in [1.54, 1.807) is 0 Å². The number of halogens is 5. The molecule has 0 amide bonds. The molecule has 66 valence electrons. The quantitative estimate of drug-likeness (QED) is 0.317. The summed E-state index contributed by atoms with van der Waals surface area (Å²) in [6.45, 7) is -5.50. The van der Waals surface area contributed by atoms with Crippen LogP contribution in [0.5, 0.6) is 0 Å². The maximum atomic E-state index is 12.3. The van der Waals surface area contributed by atoms with Crippen molar-refractivity contribution in [3.05, 3.63) is 24.0 Å². The number of aromatic nitrogens is 1. The average molecular weight is 221 g/mol. The van der Waals surface area contributed by atoms with E-state index in [9.17, 15) is 21.7 Å². The zero-order valence-electron chi connectivity index (χ0n) is 6.57. The Morgan fingerprint density at radius 2 is 1.69 bits per heavy atom. The van der Waals surface area contributed by atoms with Crippen LogP contribution in [0.25, 0.3) is 0 Å². The van der Waals surface area contributed by atoms with Crippen LogP contribution in [0, 0.1) is 11.8 Å². The van der Waals surface area contributed by atoms with Crippen LogP contribution in [-0.4, -0.2) is 12.0 Å². The third-order valence-electron chi connectivity index (χ3n) is 1.20. The number of hydrogen-bond donors (Lipinski definition) is 0. The Kier molecular flexibility index (Phi) is 5.02. The molecule has 0 aliphatic carbocycles. The van der Waals surface area contributed by atoms with Gasteiger partial charge in [-0.25, -0.2) is 9.37 Å². The minimum Gasteiger partial charge on any atom is -0.445 e. The molecule has 8 heteroatoms. The molecule has 1 heterocycles. The van der Waals surface area contributed by atoms with Crippen LogP contribution >= 0.6 is 0 Å². The SMILES string of the molecule is Fc1cc([B-](F)(F)F)c(F)cn1.[K+]. The smallest absolute Gasteiger partial charge is 0.445 e. The summed E-state index contributed by atoms with van der Waals surface area (Å²) >= 11 is 0. The minimum atomic E-state index is -5.50. The molecule has 0 radical (unpaired) electrons. The van der Waals surface area contributed by atoms with Crippen molar-refractivity contribution >= 4 is 12.4 Å². The van der Waals surface area contributed by atoms with Crippen molar-refractivity contribution in [1.82, 2.24) is 4.98 Å². The summed E-state index contributed by atoms with van der Waals surface area (Å²) in [4.78, 5) is 2.72. The van der Waals surface area contributed by atoms with Gasteiger partial charge in [0, 0.05) is 0 Å². The van der Waals surface area contributed by atoms with E-state index in [4.69, 9.17) is 0 Å². The van der Waals surface area contributed by atoms with Gasteiger partial charge in [-0.05, 0) is 6.07 Å². The van der Waals surface area contributed by atoms with E-state index in [-0.39, 0.29) is 63.6 Å². The molecule has 0 saturated carbocycles. The maximum absolute atomic E-state index is 12.3. The van der Waals surface area contributed by atoms with Crippen molar-refractivity contribution < 1.29 is 73.1 Å². The molecule has 1 nitrogen and oxygen atoms in total. The second-order valence-corrected chi connectivity index (χ2v) is 2.10.